The first-order valence-electron chi connectivity index (χ1n) is 16.9. The van der Waals surface area contributed by atoms with Gasteiger partial charge in [0, 0.05) is 59.5 Å². The number of benzene rings is 6. The van der Waals surface area contributed by atoms with E-state index in [4.69, 9.17) is 9.47 Å². The van der Waals surface area contributed by atoms with Gasteiger partial charge in [-0.2, -0.15) is 0 Å². The monoisotopic (exact) mass is 642 g/mol. The van der Waals surface area contributed by atoms with Gasteiger partial charge in [-0.1, -0.05) is 96.6 Å². The molecule has 0 amide bonds. The van der Waals surface area contributed by atoms with Gasteiger partial charge in [-0.15, -0.1) is 0 Å². The molecule has 5 heteroatoms. The van der Waals surface area contributed by atoms with Crippen molar-refractivity contribution >= 4 is 23.0 Å². The van der Waals surface area contributed by atoms with E-state index in [-0.39, 0.29) is 5.97 Å². The fourth-order valence-electron chi connectivity index (χ4n) is 7.38. The van der Waals surface area contributed by atoms with Crippen LogP contribution in [0.2, 0.25) is 0 Å². The maximum absolute atomic E-state index is 13.7. The largest absolute Gasteiger partial charge is 0.456 e. The molecule has 49 heavy (non-hydrogen) atoms. The van der Waals surface area contributed by atoms with E-state index in [2.05, 4.69) is 134 Å². The predicted molar refractivity (Wildman–Crippen MR) is 196 cm³/mol. The Hall–Kier alpha value is -5.81. The van der Waals surface area contributed by atoms with Crippen LogP contribution in [0.1, 0.15) is 56.2 Å². The quantitative estimate of drug-likeness (QED) is 0.155. The Balaban J connectivity index is 1.30. The van der Waals surface area contributed by atoms with Crippen LogP contribution in [-0.2, 0) is 23.4 Å². The molecule has 1 spiro atoms. The lowest BCUT2D eigenvalue weighted by molar-refractivity contribution is 0.0224. The summed E-state index contributed by atoms with van der Waals surface area (Å²) in [5.41, 5.74) is 9.78. The molecule has 6 aromatic rings. The molecular formula is C44H38N2O3. The van der Waals surface area contributed by atoms with Crippen molar-refractivity contribution in [2.75, 3.05) is 16.3 Å². The van der Waals surface area contributed by atoms with Gasteiger partial charge in [0.05, 0.1) is 5.56 Å². The van der Waals surface area contributed by atoms with Gasteiger partial charge in [-0.3, -0.25) is 0 Å². The van der Waals surface area contributed by atoms with E-state index in [1.54, 1.807) is 0 Å². The highest BCUT2D eigenvalue weighted by atomic mass is 16.6. The van der Waals surface area contributed by atoms with E-state index in [1.807, 2.05) is 36.4 Å². The molecule has 0 aromatic heterocycles. The summed E-state index contributed by atoms with van der Waals surface area (Å²) in [5, 5.41) is 0. The number of rotatable bonds is 8. The van der Waals surface area contributed by atoms with Crippen molar-refractivity contribution in [3.8, 4) is 11.5 Å². The molecule has 0 saturated carbocycles. The molecule has 0 fully saturated rings. The van der Waals surface area contributed by atoms with Crippen LogP contribution in [0.3, 0.4) is 0 Å². The number of nitrogens with zero attached hydrogens (tertiary/aromatic N) is 2. The summed E-state index contributed by atoms with van der Waals surface area (Å²) in [6, 6.07) is 47.9. The van der Waals surface area contributed by atoms with Gasteiger partial charge in [0.1, 0.15) is 11.5 Å². The van der Waals surface area contributed by atoms with Gasteiger partial charge >= 0.3 is 5.97 Å². The Morgan fingerprint density at radius 1 is 0.612 bits per heavy atom. The first-order chi connectivity index (χ1) is 23.9. The van der Waals surface area contributed by atoms with Crippen LogP contribution in [0.5, 0.6) is 11.5 Å². The predicted octanol–water partition coefficient (Wildman–Crippen LogP) is 10.2. The second-order valence-electron chi connectivity index (χ2n) is 12.9. The topological polar surface area (TPSA) is 42.0 Å². The molecule has 5 nitrogen and oxygen atoms in total. The lowest BCUT2D eigenvalue weighted by Gasteiger charge is -2.38. The van der Waals surface area contributed by atoms with Crippen molar-refractivity contribution in [2.24, 2.45) is 0 Å². The van der Waals surface area contributed by atoms with Gasteiger partial charge in [0.15, 0.2) is 5.60 Å². The number of aryl methyl sites for hydroxylation is 2. The lowest BCUT2D eigenvalue weighted by Crippen LogP contribution is -2.34. The zero-order valence-corrected chi connectivity index (χ0v) is 28.0. The van der Waals surface area contributed by atoms with Gasteiger partial charge in [0.25, 0.3) is 0 Å². The number of esters is 1. The normalized spacial score (nSPS) is 15.5. The first-order valence-corrected chi connectivity index (χ1v) is 16.9. The van der Waals surface area contributed by atoms with Crippen molar-refractivity contribution in [2.45, 2.75) is 39.5 Å². The van der Waals surface area contributed by atoms with E-state index < -0.39 is 5.60 Å². The summed E-state index contributed by atoms with van der Waals surface area (Å²) in [5.74, 6) is 1.03. The highest BCUT2D eigenvalue weighted by molar-refractivity contribution is 5.97. The highest BCUT2D eigenvalue weighted by Gasteiger charge is 2.53. The Morgan fingerprint density at radius 2 is 1.22 bits per heavy atom. The molecule has 6 aromatic carbocycles. The Kier molecular flexibility index (Phi) is 7.68. The van der Waals surface area contributed by atoms with Crippen molar-refractivity contribution in [1.29, 1.82) is 0 Å². The molecule has 2 heterocycles. The summed E-state index contributed by atoms with van der Waals surface area (Å²) in [6.45, 7) is 8.58. The third-order valence-electron chi connectivity index (χ3n) is 9.76. The van der Waals surface area contributed by atoms with Gasteiger partial charge in [-0.05, 0) is 79.9 Å². The van der Waals surface area contributed by atoms with Crippen LogP contribution in [0.4, 0.5) is 17.1 Å². The van der Waals surface area contributed by atoms with Crippen molar-refractivity contribution in [3.63, 3.8) is 0 Å². The highest BCUT2D eigenvalue weighted by Crippen LogP contribution is 2.57. The molecule has 1 unspecified atom stereocenters. The van der Waals surface area contributed by atoms with E-state index >= 15 is 0 Å². The lowest BCUT2D eigenvalue weighted by atomic mass is 9.77. The van der Waals surface area contributed by atoms with E-state index in [0.29, 0.717) is 30.2 Å². The summed E-state index contributed by atoms with van der Waals surface area (Å²) in [4.78, 5) is 18.3. The summed E-state index contributed by atoms with van der Waals surface area (Å²) < 4.78 is 13.4. The molecule has 0 bridgehead atoms. The summed E-state index contributed by atoms with van der Waals surface area (Å²) in [6.07, 6.45) is 0. The molecule has 0 aliphatic carbocycles. The fourth-order valence-corrected chi connectivity index (χ4v) is 7.38. The molecule has 242 valence electrons. The number of hydrogen-bond acceptors (Lipinski definition) is 5. The Bertz CT molecular complexity index is 2120. The molecule has 0 N–H and O–H groups in total. The molecular weight excluding hydrogens is 604 g/mol. The number of fused-ring (bicyclic) bond motifs is 6. The fraction of sp³-hybridized carbons (Fsp3) is 0.159. The number of ether oxygens (including phenoxy) is 2. The zero-order chi connectivity index (χ0) is 33.5. The van der Waals surface area contributed by atoms with E-state index in [9.17, 15) is 4.79 Å². The average molecular weight is 643 g/mol. The van der Waals surface area contributed by atoms with Crippen LogP contribution in [0, 0.1) is 13.8 Å². The molecule has 0 radical (unpaired) electrons. The smallest absolute Gasteiger partial charge is 0.340 e. The number of carbonyl (C=O) groups is 1. The maximum atomic E-state index is 13.7. The Morgan fingerprint density at radius 3 is 1.90 bits per heavy atom. The van der Waals surface area contributed by atoms with Gasteiger partial charge in [0.2, 0.25) is 0 Å². The minimum absolute atomic E-state index is 0.333. The Labute approximate surface area is 288 Å². The molecule has 2 aliphatic rings. The van der Waals surface area contributed by atoms with Crippen LogP contribution >= 0.6 is 0 Å². The number of hydrogen-bond donors (Lipinski definition) is 0. The molecule has 0 saturated heterocycles. The molecule has 2 aliphatic heterocycles. The maximum Gasteiger partial charge on any atom is 0.340 e. The first kappa shape index (κ1) is 30.5. The third-order valence-corrected chi connectivity index (χ3v) is 9.76. The number of carbonyl (C=O) groups excluding carboxylic acids is 1. The summed E-state index contributed by atoms with van der Waals surface area (Å²) in [7, 11) is 0. The van der Waals surface area contributed by atoms with Crippen LogP contribution in [0.25, 0.3) is 0 Å². The minimum Gasteiger partial charge on any atom is -0.456 e. The third kappa shape index (κ3) is 5.32. The average Bonchev–Trinajstić information content (AvgIpc) is 3.42. The number of anilines is 3. The van der Waals surface area contributed by atoms with Crippen LogP contribution < -0.4 is 14.5 Å². The molecule has 8 rings (SSSR count). The van der Waals surface area contributed by atoms with Crippen molar-refractivity contribution in [3.05, 3.63) is 184 Å². The van der Waals surface area contributed by atoms with Gasteiger partial charge in [-0.25, -0.2) is 4.79 Å². The minimum atomic E-state index is -1.16. The van der Waals surface area contributed by atoms with Gasteiger partial charge < -0.3 is 19.3 Å². The van der Waals surface area contributed by atoms with Crippen LogP contribution in [-0.4, -0.2) is 12.5 Å². The molecule has 1 atom stereocenters. The standard InChI is InChI=1S/C44H38N2O3/c1-4-46(34-21-19-30(2)20-22-34)35-23-24-38-42(26-35)48-41-25-31(3)40(27-39(41)44(38)37-18-12-11-17-36(37)43(47)49-44)45(28-32-13-7-5-8-14-32)29-33-15-9-6-10-16-33/h5-27H,4,28-29H2,1-3H3. The van der Waals surface area contributed by atoms with E-state index in [0.717, 1.165) is 45.9 Å². The van der Waals surface area contributed by atoms with Crippen LogP contribution in [0.15, 0.2) is 140 Å². The summed E-state index contributed by atoms with van der Waals surface area (Å²) >= 11 is 0. The zero-order valence-electron chi connectivity index (χ0n) is 28.0. The second-order valence-corrected chi connectivity index (χ2v) is 12.9. The SMILES string of the molecule is CCN(c1ccc(C)cc1)c1ccc2c(c1)Oc1cc(C)c(N(Cc3ccccc3)Cc3ccccc3)cc1C21OC(=O)c2ccccc21. The van der Waals surface area contributed by atoms with Crippen molar-refractivity contribution < 1.29 is 14.3 Å². The second kappa shape index (κ2) is 12.3. The van der Waals surface area contributed by atoms with E-state index in [1.165, 1.54) is 16.7 Å². The van der Waals surface area contributed by atoms with Crippen molar-refractivity contribution in [1.82, 2.24) is 0 Å².